The molecule has 20 heavy (non-hydrogen) atoms. The van der Waals surface area contributed by atoms with E-state index in [9.17, 15) is 0 Å². The van der Waals surface area contributed by atoms with Gasteiger partial charge in [0.05, 0.1) is 6.54 Å². The lowest BCUT2D eigenvalue weighted by Crippen LogP contribution is -2.45. The molecule has 2 heterocycles. The van der Waals surface area contributed by atoms with Gasteiger partial charge in [0.15, 0.2) is 5.96 Å². The molecule has 1 fully saturated rings. The number of hydrogen-bond acceptors (Lipinski definition) is 3. The summed E-state index contributed by atoms with van der Waals surface area (Å²) in [5.74, 6) is 3.97. The summed E-state index contributed by atoms with van der Waals surface area (Å²) in [6.45, 7) is 6.12. The van der Waals surface area contributed by atoms with Crippen LogP contribution in [0.2, 0.25) is 0 Å². The van der Waals surface area contributed by atoms with E-state index in [1.165, 1.54) is 29.2 Å². The lowest BCUT2D eigenvalue weighted by atomic mass is 10.1. The Morgan fingerprint density at radius 2 is 2.45 bits per heavy atom. The summed E-state index contributed by atoms with van der Waals surface area (Å²) in [5.41, 5.74) is 0. The van der Waals surface area contributed by atoms with E-state index in [-0.39, 0.29) is 0 Å². The van der Waals surface area contributed by atoms with Crippen LogP contribution in [-0.2, 0) is 0 Å². The summed E-state index contributed by atoms with van der Waals surface area (Å²) >= 11 is 3.86. The Balaban J connectivity index is 1.87. The van der Waals surface area contributed by atoms with E-state index >= 15 is 0 Å². The molecule has 2 unspecified atom stereocenters. The fourth-order valence-corrected chi connectivity index (χ4v) is 4.11. The highest BCUT2D eigenvalue weighted by molar-refractivity contribution is 7.99. The second-order valence-corrected chi connectivity index (χ2v) is 7.32. The van der Waals surface area contributed by atoms with Crippen LogP contribution < -0.4 is 10.6 Å². The number of nitrogens with zero attached hydrogens (tertiary/aromatic N) is 1. The fraction of sp³-hybridized carbons (Fsp3) is 0.667. The van der Waals surface area contributed by atoms with Crippen LogP contribution in [0.4, 0.5) is 0 Å². The average Bonchev–Trinajstić information content (AvgIpc) is 3.00. The fourth-order valence-electron chi connectivity index (χ4n) is 2.26. The predicted octanol–water partition coefficient (Wildman–Crippen LogP) is 3.30. The van der Waals surface area contributed by atoms with Gasteiger partial charge in [0, 0.05) is 29.1 Å². The SMILES string of the molecule is CCNC(=NCC(C)c1cccs1)NC1CCCSC1. The molecule has 0 aromatic carbocycles. The Kier molecular flexibility index (Phi) is 6.73. The predicted molar refractivity (Wildman–Crippen MR) is 92.2 cm³/mol. The van der Waals surface area contributed by atoms with Gasteiger partial charge in [-0.05, 0) is 37.0 Å². The molecule has 112 valence electrons. The molecule has 5 heteroatoms. The summed E-state index contributed by atoms with van der Waals surface area (Å²) in [5, 5.41) is 9.08. The number of guanidine groups is 1. The van der Waals surface area contributed by atoms with Gasteiger partial charge in [0.2, 0.25) is 0 Å². The molecular weight excluding hydrogens is 286 g/mol. The smallest absolute Gasteiger partial charge is 0.191 e. The minimum Gasteiger partial charge on any atom is -0.357 e. The van der Waals surface area contributed by atoms with E-state index in [0.29, 0.717) is 12.0 Å². The Labute approximate surface area is 130 Å². The van der Waals surface area contributed by atoms with Crippen molar-refractivity contribution in [3.8, 4) is 0 Å². The third-order valence-corrected chi connectivity index (χ3v) is 5.72. The molecule has 1 aromatic rings. The van der Waals surface area contributed by atoms with Crippen molar-refractivity contribution in [1.82, 2.24) is 10.6 Å². The summed E-state index contributed by atoms with van der Waals surface area (Å²) in [6, 6.07) is 4.88. The Hall–Kier alpha value is -0.680. The zero-order valence-corrected chi connectivity index (χ0v) is 14.0. The maximum absolute atomic E-state index is 4.76. The lowest BCUT2D eigenvalue weighted by molar-refractivity contribution is 0.581. The van der Waals surface area contributed by atoms with Crippen molar-refractivity contribution in [3.63, 3.8) is 0 Å². The summed E-state index contributed by atoms with van der Waals surface area (Å²) < 4.78 is 0. The lowest BCUT2D eigenvalue weighted by Gasteiger charge is -2.24. The van der Waals surface area contributed by atoms with Gasteiger partial charge in [-0.3, -0.25) is 4.99 Å². The van der Waals surface area contributed by atoms with Crippen molar-refractivity contribution in [2.75, 3.05) is 24.6 Å². The van der Waals surface area contributed by atoms with Crippen LogP contribution in [0, 0.1) is 0 Å². The van der Waals surface area contributed by atoms with Crippen LogP contribution in [0.1, 0.15) is 37.5 Å². The molecular formula is C15H25N3S2. The molecule has 0 aliphatic carbocycles. The van der Waals surface area contributed by atoms with Crippen molar-refractivity contribution in [2.24, 2.45) is 4.99 Å². The van der Waals surface area contributed by atoms with Gasteiger partial charge in [-0.1, -0.05) is 13.0 Å². The first kappa shape index (κ1) is 15.7. The number of hydrogen-bond donors (Lipinski definition) is 2. The standard InChI is InChI=1S/C15H25N3S2/c1-3-16-15(18-13-6-4-8-19-11-13)17-10-12(2)14-7-5-9-20-14/h5,7,9,12-13H,3-4,6,8,10-11H2,1-2H3,(H2,16,17,18). The van der Waals surface area contributed by atoms with Crippen molar-refractivity contribution < 1.29 is 0 Å². The Bertz CT molecular complexity index is 397. The van der Waals surface area contributed by atoms with E-state index in [2.05, 4.69) is 42.0 Å². The van der Waals surface area contributed by atoms with Gasteiger partial charge in [0.1, 0.15) is 0 Å². The third-order valence-electron chi connectivity index (χ3n) is 3.40. The van der Waals surface area contributed by atoms with Crippen LogP contribution in [0.5, 0.6) is 0 Å². The normalized spacial score (nSPS) is 21.5. The highest BCUT2D eigenvalue weighted by Gasteiger charge is 2.15. The van der Waals surface area contributed by atoms with Crippen molar-refractivity contribution in [3.05, 3.63) is 22.4 Å². The minimum absolute atomic E-state index is 0.492. The zero-order chi connectivity index (χ0) is 14.2. The number of thiophene rings is 1. The average molecular weight is 312 g/mol. The topological polar surface area (TPSA) is 36.4 Å². The molecule has 0 bridgehead atoms. The second kappa shape index (κ2) is 8.57. The van der Waals surface area contributed by atoms with Gasteiger partial charge < -0.3 is 10.6 Å². The zero-order valence-electron chi connectivity index (χ0n) is 12.4. The van der Waals surface area contributed by atoms with Crippen LogP contribution >= 0.6 is 23.1 Å². The van der Waals surface area contributed by atoms with E-state index in [1.807, 2.05) is 23.1 Å². The summed E-state index contributed by atoms with van der Waals surface area (Å²) in [6.07, 6.45) is 2.57. The molecule has 1 aliphatic heterocycles. The maximum atomic E-state index is 4.76. The Morgan fingerprint density at radius 3 is 3.10 bits per heavy atom. The molecule has 1 aromatic heterocycles. The van der Waals surface area contributed by atoms with Gasteiger partial charge in [-0.25, -0.2) is 0 Å². The highest BCUT2D eigenvalue weighted by atomic mass is 32.2. The molecule has 0 amide bonds. The molecule has 1 aliphatic rings. The first-order valence-corrected chi connectivity index (χ1v) is 9.49. The molecule has 2 rings (SSSR count). The van der Waals surface area contributed by atoms with Crippen molar-refractivity contribution in [1.29, 1.82) is 0 Å². The molecule has 2 N–H and O–H groups in total. The Morgan fingerprint density at radius 1 is 1.55 bits per heavy atom. The van der Waals surface area contributed by atoms with Crippen LogP contribution in [-0.4, -0.2) is 36.6 Å². The third kappa shape index (κ3) is 5.02. The van der Waals surface area contributed by atoms with Crippen molar-refractivity contribution in [2.45, 2.75) is 38.6 Å². The summed E-state index contributed by atoms with van der Waals surface area (Å²) in [7, 11) is 0. The van der Waals surface area contributed by atoms with E-state index in [0.717, 1.165) is 19.0 Å². The number of nitrogens with one attached hydrogen (secondary N) is 2. The maximum Gasteiger partial charge on any atom is 0.191 e. The van der Waals surface area contributed by atoms with Gasteiger partial charge in [-0.15, -0.1) is 11.3 Å². The molecule has 2 atom stereocenters. The number of thioether (sulfide) groups is 1. The van der Waals surface area contributed by atoms with Crippen LogP contribution in [0.3, 0.4) is 0 Å². The van der Waals surface area contributed by atoms with Crippen molar-refractivity contribution >= 4 is 29.1 Å². The van der Waals surface area contributed by atoms with Gasteiger partial charge >= 0.3 is 0 Å². The quantitative estimate of drug-likeness (QED) is 0.647. The van der Waals surface area contributed by atoms with E-state index in [1.54, 1.807) is 0 Å². The monoisotopic (exact) mass is 311 g/mol. The first-order valence-electron chi connectivity index (χ1n) is 7.45. The van der Waals surface area contributed by atoms with Gasteiger partial charge in [0.25, 0.3) is 0 Å². The van der Waals surface area contributed by atoms with Crippen LogP contribution in [0.25, 0.3) is 0 Å². The molecule has 1 saturated heterocycles. The van der Waals surface area contributed by atoms with Crippen LogP contribution in [0.15, 0.2) is 22.5 Å². The highest BCUT2D eigenvalue weighted by Crippen LogP contribution is 2.21. The number of aliphatic imine (C=N–C) groups is 1. The largest absolute Gasteiger partial charge is 0.357 e. The molecule has 0 radical (unpaired) electrons. The van der Waals surface area contributed by atoms with E-state index in [4.69, 9.17) is 4.99 Å². The van der Waals surface area contributed by atoms with E-state index < -0.39 is 0 Å². The summed E-state index contributed by atoms with van der Waals surface area (Å²) in [4.78, 5) is 6.17. The van der Waals surface area contributed by atoms with Gasteiger partial charge in [-0.2, -0.15) is 11.8 Å². The second-order valence-electron chi connectivity index (χ2n) is 5.19. The number of rotatable bonds is 5. The molecule has 0 spiro atoms. The molecule has 0 saturated carbocycles. The minimum atomic E-state index is 0.492. The molecule has 3 nitrogen and oxygen atoms in total. The first-order chi connectivity index (χ1) is 9.79.